The Morgan fingerprint density at radius 2 is 1.53 bits per heavy atom. The van der Waals surface area contributed by atoms with Gasteiger partial charge < -0.3 is 0 Å². The van der Waals surface area contributed by atoms with E-state index in [1.807, 2.05) is 13.8 Å². The van der Waals surface area contributed by atoms with Crippen LogP contribution in [0.2, 0.25) is 0 Å². The molecule has 0 amide bonds. The van der Waals surface area contributed by atoms with Crippen molar-refractivity contribution in [3.63, 3.8) is 0 Å². The molecule has 0 aliphatic heterocycles. The van der Waals surface area contributed by atoms with Gasteiger partial charge in [-0.25, -0.2) is 0 Å². The molecule has 0 aromatic carbocycles. The van der Waals surface area contributed by atoms with Gasteiger partial charge in [-0.15, -0.1) is 23.2 Å². The summed E-state index contributed by atoms with van der Waals surface area (Å²) in [6, 6.07) is 0. The fourth-order valence-corrected chi connectivity index (χ4v) is 2.72. The van der Waals surface area contributed by atoms with Crippen LogP contribution >= 0.6 is 71.0 Å². The lowest BCUT2D eigenvalue weighted by molar-refractivity contribution is 0.512. The maximum Gasteiger partial charge on any atom is 0.0551 e. The van der Waals surface area contributed by atoms with Gasteiger partial charge in [0, 0.05) is 15.0 Å². The Labute approximate surface area is 128 Å². The second-order valence-corrected chi connectivity index (χ2v) is 9.17. The van der Waals surface area contributed by atoms with Crippen LogP contribution in [0.5, 0.6) is 0 Å². The van der Waals surface area contributed by atoms with Crippen LogP contribution in [-0.2, 0) is 0 Å². The van der Waals surface area contributed by atoms with Crippen LogP contribution in [0.4, 0.5) is 0 Å². The average Bonchev–Trinajstić information content (AvgIpc) is 2.11. The summed E-state index contributed by atoms with van der Waals surface area (Å²) in [5, 5.41) is 0.851. The molecular weight excluding hydrogens is 431 g/mol. The number of rotatable bonds is 6. The molecule has 0 aliphatic rings. The highest BCUT2D eigenvalue weighted by Gasteiger charge is 2.32. The molecule has 0 heterocycles. The first-order valence-electron chi connectivity index (χ1n) is 4.83. The van der Waals surface area contributed by atoms with Crippen molar-refractivity contribution in [2.75, 3.05) is 5.33 Å². The fraction of sp³-hybridized carbons (Fsp3) is 1.00. The Morgan fingerprint density at radius 1 is 1.07 bits per heavy atom. The average molecular weight is 448 g/mol. The van der Waals surface area contributed by atoms with Gasteiger partial charge in [0.1, 0.15) is 0 Å². The van der Waals surface area contributed by atoms with E-state index in [0.29, 0.717) is 0 Å². The Hall–Kier alpha value is 2.02. The minimum absolute atomic E-state index is 0.233. The highest BCUT2D eigenvalue weighted by Crippen LogP contribution is 2.36. The van der Waals surface area contributed by atoms with Crippen LogP contribution in [0.1, 0.15) is 33.6 Å². The van der Waals surface area contributed by atoms with Crippen LogP contribution < -0.4 is 0 Å². The lowest BCUT2D eigenvalue weighted by atomic mass is 9.96. The standard InChI is InChI=1S/C10H17Br3Cl2/c1-9(2,14)7(12)4-5-10(3,15)8(13)6-11/h7-8H,4-6H2,1-3H3. The predicted octanol–water partition coefficient (Wildman–Crippen LogP) is 5.70. The SMILES string of the molecule is CC(C)(Cl)C(Br)CCC(C)(Cl)C(Br)CBr. The second kappa shape index (κ2) is 6.82. The molecular formula is C10H17Br3Cl2. The van der Waals surface area contributed by atoms with Crippen molar-refractivity contribution < 1.29 is 0 Å². The molecule has 0 N–H and O–H groups in total. The van der Waals surface area contributed by atoms with Crippen molar-refractivity contribution in [1.29, 1.82) is 0 Å². The second-order valence-electron chi connectivity index (χ2n) is 4.47. The summed E-state index contributed by atoms with van der Waals surface area (Å²) in [6.07, 6.45) is 1.88. The molecule has 0 fully saturated rings. The van der Waals surface area contributed by atoms with Gasteiger partial charge in [-0.05, 0) is 33.6 Å². The quantitative estimate of drug-likeness (QED) is 0.458. The number of alkyl halides is 5. The molecule has 3 atom stereocenters. The maximum absolute atomic E-state index is 6.44. The van der Waals surface area contributed by atoms with Gasteiger partial charge in [-0.3, -0.25) is 0 Å². The molecule has 0 bridgehead atoms. The van der Waals surface area contributed by atoms with E-state index in [2.05, 4.69) is 54.7 Å². The number of hydrogen-bond acceptors (Lipinski definition) is 0. The minimum Gasteiger partial charge on any atom is -0.119 e. The summed E-state index contributed by atoms with van der Waals surface area (Å²) < 4.78 is 0. The van der Waals surface area contributed by atoms with Gasteiger partial charge in [0.15, 0.2) is 0 Å². The normalized spacial score (nSPS) is 20.8. The van der Waals surface area contributed by atoms with Gasteiger partial charge in [-0.1, -0.05) is 47.8 Å². The molecule has 0 nitrogen and oxygen atoms in total. The molecule has 0 radical (unpaired) electrons. The topological polar surface area (TPSA) is 0 Å². The van der Waals surface area contributed by atoms with E-state index < -0.39 is 0 Å². The zero-order valence-electron chi connectivity index (χ0n) is 9.17. The van der Waals surface area contributed by atoms with E-state index >= 15 is 0 Å². The first kappa shape index (κ1) is 17.0. The smallest absolute Gasteiger partial charge is 0.0551 e. The molecule has 0 aromatic heterocycles. The van der Waals surface area contributed by atoms with Crippen molar-refractivity contribution in [3.05, 3.63) is 0 Å². The van der Waals surface area contributed by atoms with E-state index in [9.17, 15) is 0 Å². The van der Waals surface area contributed by atoms with Crippen molar-refractivity contribution >= 4 is 71.0 Å². The molecule has 92 valence electrons. The molecule has 5 heteroatoms. The third kappa shape index (κ3) is 6.49. The fourth-order valence-electron chi connectivity index (χ4n) is 1.07. The lowest BCUT2D eigenvalue weighted by Gasteiger charge is -2.30. The van der Waals surface area contributed by atoms with E-state index in [4.69, 9.17) is 23.2 Å². The summed E-state index contributed by atoms with van der Waals surface area (Å²) in [5.74, 6) is 0. The van der Waals surface area contributed by atoms with E-state index in [1.165, 1.54) is 0 Å². The summed E-state index contributed by atoms with van der Waals surface area (Å²) in [5.41, 5.74) is 0. The summed E-state index contributed by atoms with van der Waals surface area (Å²) in [6.45, 7) is 6.07. The Kier molecular flexibility index (Phi) is 7.74. The Balaban J connectivity index is 4.15. The first-order chi connectivity index (χ1) is 6.61. The lowest BCUT2D eigenvalue weighted by Crippen LogP contribution is -2.33. The van der Waals surface area contributed by atoms with E-state index in [-0.39, 0.29) is 19.4 Å². The molecule has 0 saturated heterocycles. The van der Waals surface area contributed by atoms with Crippen LogP contribution in [-0.4, -0.2) is 24.7 Å². The highest BCUT2D eigenvalue weighted by molar-refractivity contribution is 9.12. The van der Waals surface area contributed by atoms with Gasteiger partial charge >= 0.3 is 0 Å². The summed E-state index contributed by atoms with van der Waals surface area (Å²) >= 11 is 23.3. The van der Waals surface area contributed by atoms with E-state index in [1.54, 1.807) is 0 Å². The largest absolute Gasteiger partial charge is 0.119 e. The van der Waals surface area contributed by atoms with Crippen molar-refractivity contribution in [1.82, 2.24) is 0 Å². The minimum atomic E-state index is -0.238. The van der Waals surface area contributed by atoms with Crippen LogP contribution in [0, 0.1) is 0 Å². The Bertz CT molecular complexity index is 190. The highest BCUT2D eigenvalue weighted by atomic mass is 79.9. The van der Waals surface area contributed by atoms with E-state index in [0.717, 1.165) is 18.2 Å². The van der Waals surface area contributed by atoms with Crippen molar-refractivity contribution in [2.24, 2.45) is 0 Å². The number of hydrogen-bond donors (Lipinski definition) is 0. The number of halogens is 5. The van der Waals surface area contributed by atoms with Gasteiger partial charge in [-0.2, -0.15) is 0 Å². The zero-order chi connectivity index (χ0) is 12.3. The molecule has 0 aromatic rings. The molecule has 3 unspecified atom stereocenters. The zero-order valence-corrected chi connectivity index (χ0v) is 15.4. The van der Waals surface area contributed by atoms with Crippen LogP contribution in [0.25, 0.3) is 0 Å². The van der Waals surface area contributed by atoms with Gasteiger partial charge in [0.25, 0.3) is 0 Å². The molecule has 0 saturated carbocycles. The van der Waals surface area contributed by atoms with Crippen LogP contribution in [0.15, 0.2) is 0 Å². The molecule has 15 heavy (non-hydrogen) atoms. The molecule has 0 aliphatic carbocycles. The summed E-state index contributed by atoms with van der Waals surface area (Å²) in [7, 11) is 0. The van der Waals surface area contributed by atoms with Crippen molar-refractivity contribution in [3.8, 4) is 0 Å². The van der Waals surface area contributed by atoms with Crippen LogP contribution in [0.3, 0.4) is 0 Å². The third-order valence-corrected chi connectivity index (χ3v) is 8.12. The Morgan fingerprint density at radius 3 is 1.87 bits per heavy atom. The van der Waals surface area contributed by atoms with Gasteiger partial charge in [0.05, 0.1) is 9.75 Å². The van der Waals surface area contributed by atoms with Crippen molar-refractivity contribution in [2.45, 2.75) is 53.0 Å². The monoisotopic (exact) mass is 444 g/mol. The molecule has 0 spiro atoms. The maximum atomic E-state index is 6.44. The van der Waals surface area contributed by atoms with Gasteiger partial charge in [0.2, 0.25) is 0 Å². The predicted molar refractivity (Wildman–Crippen MR) is 82.6 cm³/mol. The third-order valence-electron chi connectivity index (χ3n) is 2.42. The first-order valence-corrected chi connectivity index (χ1v) is 8.54. The molecule has 0 rings (SSSR count). The summed E-state index contributed by atoms with van der Waals surface area (Å²) in [4.78, 5) is 0.0745.